The third-order valence-electron chi connectivity index (χ3n) is 6.08. The highest BCUT2D eigenvalue weighted by Gasteiger charge is 2.21. The van der Waals surface area contributed by atoms with Gasteiger partial charge in [0.15, 0.2) is 0 Å². The molecule has 3 heterocycles. The molecule has 29 heavy (non-hydrogen) atoms. The molecule has 0 spiro atoms. The van der Waals surface area contributed by atoms with E-state index in [1.807, 2.05) is 17.0 Å². The maximum atomic E-state index is 12.6. The molecule has 2 saturated heterocycles. The molecular weight excluding hydrogens is 362 g/mol. The van der Waals surface area contributed by atoms with Crippen molar-refractivity contribution < 1.29 is 4.79 Å². The topological polar surface area (TPSA) is 51.7 Å². The Morgan fingerprint density at radius 3 is 2.21 bits per heavy atom. The number of aromatic nitrogens is 1. The molecule has 0 aliphatic carbocycles. The lowest BCUT2D eigenvalue weighted by Gasteiger charge is -2.32. The SMILES string of the molecule is CC1CCN(c2ccc(Nc3ccc(C(=O)N4CCN(C)CC4)nc3)cc2)CC1. The summed E-state index contributed by atoms with van der Waals surface area (Å²) < 4.78 is 0. The van der Waals surface area contributed by atoms with E-state index in [-0.39, 0.29) is 5.91 Å². The van der Waals surface area contributed by atoms with Crippen molar-refractivity contribution in [3.05, 3.63) is 48.3 Å². The number of benzene rings is 1. The Labute approximate surface area is 173 Å². The second-order valence-electron chi connectivity index (χ2n) is 8.37. The van der Waals surface area contributed by atoms with Crippen LogP contribution in [0.5, 0.6) is 0 Å². The normalized spacial score (nSPS) is 18.7. The Kier molecular flexibility index (Phi) is 6.00. The van der Waals surface area contributed by atoms with E-state index in [2.05, 4.69) is 58.3 Å². The van der Waals surface area contributed by atoms with E-state index in [9.17, 15) is 4.79 Å². The van der Waals surface area contributed by atoms with Gasteiger partial charge >= 0.3 is 0 Å². The van der Waals surface area contributed by atoms with Crippen molar-refractivity contribution in [2.75, 3.05) is 56.5 Å². The van der Waals surface area contributed by atoms with Crippen molar-refractivity contribution in [2.45, 2.75) is 19.8 Å². The average Bonchev–Trinajstić information content (AvgIpc) is 2.76. The van der Waals surface area contributed by atoms with Gasteiger partial charge in [0, 0.05) is 50.6 Å². The van der Waals surface area contributed by atoms with Crippen LogP contribution in [0.3, 0.4) is 0 Å². The lowest BCUT2D eigenvalue weighted by atomic mass is 9.99. The number of hydrogen-bond acceptors (Lipinski definition) is 5. The summed E-state index contributed by atoms with van der Waals surface area (Å²) in [6, 6.07) is 12.3. The van der Waals surface area contributed by atoms with E-state index in [4.69, 9.17) is 0 Å². The van der Waals surface area contributed by atoms with Crippen LogP contribution in [-0.4, -0.2) is 67.0 Å². The number of hydrogen-bond donors (Lipinski definition) is 1. The van der Waals surface area contributed by atoms with Gasteiger partial charge in [0.2, 0.25) is 0 Å². The third-order valence-corrected chi connectivity index (χ3v) is 6.08. The largest absolute Gasteiger partial charge is 0.372 e. The lowest BCUT2D eigenvalue weighted by Crippen LogP contribution is -2.47. The first-order valence-electron chi connectivity index (χ1n) is 10.6. The molecule has 1 amide bonds. The highest BCUT2D eigenvalue weighted by atomic mass is 16.2. The molecule has 1 N–H and O–H groups in total. The van der Waals surface area contributed by atoms with E-state index in [1.165, 1.54) is 18.5 Å². The zero-order valence-electron chi connectivity index (χ0n) is 17.5. The van der Waals surface area contributed by atoms with Crippen LogP contribution in [0.4, 0.5) is 17.1 Å². The Bertz CT molecular complexity index is 804. The molecule has 6 nitrogen and oxygen atoms in total. The van der Waals surface area contributed by atoms with Crippen LogP contribution in [0.15, 0.2) is 42.6 Å². The molecule has 2 aliphatic rings. The average molecular weight is 394 g/mol. The quantitative estimate of drug-likeness (QED) is 0.862. The van der Waals surface area contributed by atoms with Gasteiger partial charge < -0.3 is 20.0 Å². The van der Waals surface area contributed by atoms with Gasteiger partial charge in [-0.3, -0.25) is 4.79 Å². The molecule has 0 radical (unpaired) electrons. The van der Waals surface area contributed by atoms with Gasteiger partial charge in [-0.05, 0) is 62.2 Å². The van der Waals surface area contributed by atoms with Gasteiger partial charge in [-0.1, -0.05) is 6.92 Å². The van der Waals surface area contributed by atoms with Crippen LogP contribution in [0, 0.1) is 5.92 Å². The number of piperidine rings is 1. The predicted molar refractivity (Wildman–Crippen MR) is 118 cm³/mol. The summed E-state index contributed by atoms with van der Waals surface area (Å²) in [5.41, 5.74) is 3.71. The summed E-state index contributed by atoms with van der Waals surface area (Å²) in [7, 11) is 2.08. The molecule has 4 rings (SSSR count). The Hall–Kier alpha value is -2.60. The van der Waals surface area contributed by atoms with E-state index in [0.717, 1.165) is 56.6 Å². The van der Waals surface area contributed by atoms with Crippen molar-refractivity contribution >= 4 is 23.0 Å². The first-order valence-corrected chi connectivity index (χ1v) is 10.6. The zero-order valence-corrected chi connectivity index (χ0v) is 17.5. The number of nitrogens with one attached hydrogen (secondary N) is 1. The van der Waals surface area contributed by atoms with Gasteiger partial charge in [0.1, 0.15) is 5.69 Å². The van der Waals surface area contributed by atoms with Gasteiger partial charge in [-0.25, -0.2) is 4.98 Å². The van der Waals surface area contributed by atoms with Crippen molar-refractivity contribution in [3.63, 3.8) is 0 Å². The van der Waals surface area contributed by atoms with Crippen LogP contribution in [-0.2, 0) is 0 Å². The van der Waals surface area contributed by atoms with Crippen molar-refractivity contribution in [1.82, 2.24) is 14.8 Å². The zero-order chi connectivity index (χ0) is 20.2. The lowest BCUT2D eigenvalue weighted by molar-refractivity contribution is 0.0658. The van der Waals surface area contributed by atoms with Crippen molar-refractivity contribution in [1.29, 1.82) is 0 Å². The summed E-state index contributed by atoms with van der Waals surface area (Å²) in [5, 5.41) is 3.38. The summed E-state index contributed by atoms with van der Waals surface area (Å²) in [5.74, 6) is 0.857. The monoisotopic (exact) mass is 393 g/mol. The molecular formula is C23H31N5O. The van der Waals surface area contributed by atoms with Crippen LogP contribution in [0.25, 0.3) is 0 Å². The van der Waals surface area contributed by atoms with E-state index in [1.54, 1.807) is 6.20 Å². The molecule has 1 aromatic heterocycles. The number of nitrogens with zero attached hydrogens (tertiary/aromatic N) is 4. The second-order valence-corrected chi connectivity index (χ2v) is 8.37. The van der Waals surface area contributed by atoms with Gasteiger partial charge in [-0.15, -0.1) is 0 Å². The molecule has 1 aromatic carbocycles. The number of likely N-dealkylation sites (N-methyl/N-ethyl adjacent to an activating group) is 1. The fourth-order valence-corrected chi connectivity index (χ4v) is 3.95. The fourth-order valence-electron chi connectivity index (χ4n) is 3.95. The summed E-state index contributed by atoms with van der Waals surface area (Å²) in [6.45, 7) is 7.97. The molecule has 6 heteroatoms. The molecule has 154 valence electrons. The maximum Gasteiger partial charge on any atom is 0.272 e. The van der Waals surface area contributed by atoms with Gasteiger partial charge in [0.25, 0.3) is 5.91 Å². The van der Waals surface area contributed by atoms with Crippen LogP contribution in [0.2, 0.25) is 0 Å². The Morgan fingerprint density at radius 1 is 0.931 bits per heavy atom. The minimum absolute atomic E-state index is 0.0184. The van der Waals surface area contributed by atoms with E-state index in [0.29, 0.717) is 5.69 Å². The van der Waals surface area contributed by atoms with Crippen molar-refractivity contribution in [2.24, 2.45) is 5.92 Å². The fraction of sp³-hybridized carbons (Fsp3) is 0.478. The number of pyridine rings is 1. The van der Waals surface area contributed by atoms with Gasteiger partial charge in [0.05, 0.1) is 11.9 Å². The highest BCUT2D eigenvalue weighted by molar-refractivity contribution is 5.92. The maximum absolute atomic E-state index is 12.6. The third kappa shape index (κ3) is 4.88. The molecule has 0 atom stereocenters. The van der Waals surface area contributed by atoms with Crippen LogP contribution in [0.1, 0.15) is 30.3 Å². The van der Waals surface area contributed by atoms with E-state index < -0.39 is 0 Å². The van der Waals surface area contributed by atoms with Crippen LogP contribution < -0.4 is 10.2 Å². The molecule has 0 unspecified atom stereocenters. The molecule has 0 saturated carbocycles. The Balaban J connectivity index is 1.34. The number of rotatable bonds is 4. The van der Waals surface area contributed by atoms with Crippen molar-refractivity contribution in [3.8, 4) is 0 Å². The Morgan fingerprint density at radius 2 is 1.59 bits per heavy atom. The summed E-state index contributed by atoms with van der Waals surface area (Å²) in [4.78, 5) is 23.6. The highest BCUT2D eigenvalue weighted by Crippen LogP contribution is 2.25. The first kappa shape index (κ1) is 19.7. The smallest absolute Gasteiger partial charge is 0.272 e. The number of amides is 1. The van der Waals surface area contributed by atoms with Crippen LogP contribution >= 0.6 is 0 Å². The summed E-state index contributed by atoms with van der Waals surface area (Å²) >= 11 is 0. The second kappa shape index (κ2) is 8.82. The molecule has 0 bridgehead atoms. The van der Waals surface area contributed by atoms with E-state index >= 15 is 0 Å². The minimum Gasteiger partial charge on any atom is -0.372 e. The number of piperazine rings is 1. The summed E-state index contributed by atoms with van der Waals surface area (Å²) in [6.07, 6.45) is 4.28. The van der Waals surface area contributed by atoms with Gasteiger partial charge in [-0.2, -0.15) is 0 Å². The first-order chi connectivity index (χ1) is 14.1. The predicted octanol–water partition coefficient (Wildman–Crippen LogP) is 3.45. The number of anilines is 3. The molecule has 2 fully saturated rings. The minimum atomic E-state index is 0.0184. The number of carbonyl (C=O) groups is 1. The molecule has 2 aliphatic heterocycles. The number of carbonyl (C=O) groups excluding carboxylic acids is 1. The molecule has 2 aromatic rings. The standard InChI is InChI=1S/C23H31N5O/c1-18-9-11-27(12-10-18)21-6-3-19(4-7-21)25-20-5-8-22(24-17-20)23(29)28-15-13-26(2)14-16-28/h3-8,17-18,25H,9-16H2,1-2H3.